The monoisotopic (exact) mass is 256 g/mol. The highest BCUT2D eigenvalue weighted by molar-refractivity contribution is 6.04. The van der Waals surface area contributed by atoms with Crippen molar-refractivity contribution in [2.24, 2.45) is 5.73 Å². The zero-order chi connectivity index (χ0) is 13.2. The van der Waals surface area contributed by atoms with Gasteiger partial charge in [0, 0.05) is 31.5 Å². The van der Waals surface area contributed by atoms with E-state index in [1.807, 2.05) is 17.0 Å². The average Bonchev–Trinajstić information content (AvgIpc) is 2.46. The molecular formula is C14H16N4O. The summed E-state index contributed by atoms with van der Waals surface area (Å²) in [4.78, 5) is 22.9. The number of aromatic nitrogens is 2. The van der Waals surface area contributed by atoms with E-state index in [4.69, 9.17) is 5.73 Å². The van der Waals surface area contributed by atoms with Crippen LogP contribution in [0.25, 0.3) is 11.0 Å². The third-order valence-electron chi connectivity index (χ3n) is 3.47. The molecule has 2 heterocycles. The highest BCUT2D eigenvalue weighted by Gasteiger charge is 2.23. The van der Waals surface area contributed by atoms with Crippen molar-refractivity contribution in [2.75, 3.05) is 13.1 Å². The first-order valence-corrected chi connectivity index (χ1v) is 6.50. The molecule has 2 aromatic rings. The molecule has 5 heteroatoms. The SMILES string of the molecule is N[C@@H]1CCCN(C(=O)c2cccc3nccnc23)C1. The van der Waals surface area contributed by atoms with Gasteiger partial charge in [-0.2, -0.15) is 0 Å². The Bertz CT molecular complexity index is 608. The van der Waals surface area contributed by atoms with Crippen molar-refractivity contribution in [3.8, 4) is 0 Å². The molecule has 1 aliphatic heterocycles. The molecule has 3 rings (SSSR count). The fourth-order valence-electron chi connectivity index (χ4n) is 2.53. The van der Waals surface area contributed by atoms with Gasteiger partial charge in [-0.05, 0) is 25.0 Å². The maximum absolute atomic E-state index is 12.6. The molecule has 1 aromatic heterocycles. The first-order valence-electron chi connectivity index (χ1n) is 6.50. The van der Waals surface area contributed by atoms with Gasteiger partial charge < -0.3 is 10.6 Å². The number of nitrogens with zero attached hydrogens (tertiary/aromatic N) is 3. The summed E-state index contributed by atoms with van der Waals surface area (Å²) in [6.45, 7) is 1.39. The average molecular weight is 256 g/mol. The highest BCUT2D eigenvalue weighted by atomic mass is 16.2. The Morgan fingerprint density at radius 3 is 3.00 bits per heavy atom. The number of piperidine rings is 1. The van der Waals surface area contributed by atoms with Crippen LogP contribution in [-0.2, 0) is 0 Å². The lowest BCUT2D eigenvalue weighted by Crippen LogP contribution is -2.45. The zero-order valence-electron chi connectivity index (χ0n) is 10.6. The molecule has 0 radical (unpaired) electrons. The first kappa shape index (κ1) is 12.0. The lowest BCUT2D eigenvalue weighted by Gasteiger charge is -2.30. The van der Waals surface area contributed by atoms with E-state index < -0.39 is 0 Å². The van der Waals surface area contributed by atoms with E-state index >= 15 is 0 Å². The normalized spacial score (nSPS) is 19.6. The van der Waals surface area contributed by atoms with E-state index in [1.165, 1.54) is 0 Å². The molecule has 1 saturated heterocycles. The Balaban J connectivity index is 1.97. The number of hydrogen-bond acceptors (Lipinski definition) is 4. The highest BCUT2D eigenvalue weighted by Crippen LogP contribution is 2.18. The van der Waals surface area contributed by atoms with Gasteiger partial charge in [0.05, 0.1) is 11.1 Å². The van der Waals surface area contributed by atoms with Gasteiger partial charge in [0.2, 0.25) is 0 Å². The van der Waals surface area contributed by atoms with Crippen LogP contribution in [0.2, 0.25) is 0 Å². The number of hydrogen-bond donors (Lipinski definition) is 1. The Kier molecular flexibility index (Phi) is 3.13. The van der Waals surface area contributed by atoms with E-state index in [0.717, 1.165) is 24.9 Å². The molecule has 0 bridgehead atoms. The second-order valence-electron chi connectivity index (χ2n) is 4.88. The van der Waals surface area contributed by atoms with Gasteiger partial charge in [-0.25, -0.2) is 0 Å². The molecule has 0 unspecified atom stereocenters. The Labute approximate surface area is 111 Å². The largest absolute Gasteiger partial charge is 0.337 e. The van der Waals surface area contributed by atoms with E-state index in [-0.39, 0.29) is 11.9 Å². The van der Waals surface area contributed by atoms with E-state index in [1.54, 1.807) is 18.5 Å². The molecule has 2 N–H and O–H groups in total. The van der Waals surface area contributed by atoms with Crippen molar-refractivity contribution in [1.82, 2.24) is 14.9 Å². The van der Waals surface area contributed by atoms with Gasteiger partial charge in [0.15, 0.2) is 0 Å². The third kappa shape index (κ3) is 2.29. The van der Waals surface area contributed by atoms with Crippen LogP contribution in [0.5, 0.6) is 0 Å². The zero-order valence-corrected chi connectivity index (χ0v) is 10.6. The molecule has 1 aromatic carbocycles. The van der Waals surface area contributed by atoms with Crippen LogP contribution in [-0.4, -0.2) is 39.9 Å². The molecule has 1 aliphatic rings. The summed E-state index contributed by atoms with van der Waals surface area (Å²) in [5.74, 6) is 0.00116. The first-order chi connectivity index (χ1) is 9.25. The van der Waals surface area contributed by atoms with Crippen LogP contribution in [0.15, 0.2) is 30.6 Å². The van der Waals surface area contributed by atoms with Crippen LogP contribution in [0.4, 0.5) is 0 Å². The minimum atomic E-state index is 0.00116. The van der Waals surface area contributed by atoms with E-state index in [0.29, 0.717) is 17.6 Å². The molecule has 19 heavy (non-hydrogen) atoms. The van der Waals surface area contributed by atoms with E-state index in [2.05, 4.69) is 9.97 Å². The Morgan fingerprint density at radius 1 is 1.32 bits per heavy atom. The number of rotatable bonds is 1. The number of benzene rings is 1. The van der Waals surface area contributed by atoms with Crippen LogP contribution in [0.1, 0.15) is 23.2 Å². The van der Waals surface area contributed by atoms with Gasteiger partial charge in [0.1, 0.15) is 5.52 Å². The number of amides is 1. The lowest BCUT2D eigenvalue weighted by molar-refractivity contribution is 0.0710. The van der Waals surface area contributed by atoms with Crippen LogP contribution in [0.3, 0.4) is 0 Å². The summed E-state index contributed by atoms with van der Waals surface area (Å²) in [7, 11) is 0. The van der Waals surface area contributed by atoms with Crippen molar-refractivity contribution >= 4 is 16.9 Å². The predicted octanol–water partition coefficient (Wildman–Crippen LogP) is 1.19. The van der Waals surface area contributed by atoms with Gasteiger partial charge >= 0.3 is 0 Å². The van der Waals surface area contributed by atoms with Gasteiger partial charge in [0.25, 0.3) is 5.91 Å². The fourth-order valence-corrected chi connectivity index (χ4v) is 2.53. The van der Waals surface area contributed by atoms with Crippen molar-refractivity contribution in [1.29, 1.82) is 0 Å². The van der Waals surface area contributed by atoms with Crippen LogP contribution >= 0.6 is 0 Å². The number of likely N-dealkylation sites (tertiary alicyclic amines) is 1. The molecule has 1 atom stereocenters. The number of carbonyl (C=O) groups excluding carboxylic acids is 1. The summed E-state index contributed by atoms with van der Waals surface area (Å²) >= 11 is 0. The summed E-state index contributed by atoms with van der Waals surface area (Å²) in [6, 6.07) is 5.59. The predicted molar refractivity (Wildman–Crippen MR) is 72.7 cm³/mol. The molecule has 5 nitrogen and oxygen atoms in total. The minimum absolute atomic E-state index is 0.00116. The maximum Gasteiger partial charge on any atom is 0.256 e. The number of carbonyl (C=O) groups is 1. The number of fused-ring (bicyclic) bond motifs is 1. The number of para-hydroxylation sites is 1. The number of nitrogens with two attached hydrogens (primary N) is 1. The summed E-state index contributed by atoms with van der Waals surface area (Å²) < 4.78 is 0. The van der Waals surface area contributed by atoms with E-state index in [9.17, 15) is 4.79 Å². The van der Waals surface area contributed by atoms with Gasteiger partial charge in [-0.3, -0.25) is 14.8 Å². The second kappa shape index (κ2) is 4.93. The molecule has 0 spiro atoms. The molecule has 0 saturated carbocycles. The van der Waals surface area contributed by atoms with Gasteiger partial charge in [-0.1, -0.05) is 6.07 Å². The fraction of sp³-hybridized carbons (Fsp3) is 0.357. The molecule has 1 amide bonds. The summed E-state index contributed by atoms with van der Waals surface area (Å²) in [5, 5.41) is 0. The smallest absolute Gasteiger partial charge is 0.256 e. The molecule has 98 valence electrons. The van der Waals surface area contributed by atoms with Crippen molar-refractivity contribution < 1.29 is 4.79 Å². The van der Waals surface area contributed by atoms with Crippen LogP contribution in [0, 0.1) is 0 Å². The third-order valence-corrected chi connectivity index (χ3v) is 3.47. The molecule has 1 fully saturated rings. The Morgan fingerprint density at radius 2 is 2.16 bits per heavy atom. The summed E-state index contributed by atoms with van der Waals surface area (Å²) in [6.07, 6.45) is 5.19. The maximum atomic E-state index is 12.6. The van der Waals surface area contributed by atoms with Crippen LogP contribution < -0.4 is 5.73 Å². The molecular weight excluding hydrogens is 240 g/mol. The Hall–Kier alpha value is -2.01. The minimum Gasteiger partial charge on any atom is -0.337 e. The van der Waals surface area contributed by atoms with Crippen molar-refractivity contribution in [3.63, 3.8) is 0 Å². The second-order valence-corrected chi connectivity index (χ2v) is 4.88. The van der Waals surface area contributed by atoms with Crippen molar-refractivity contribution in [2.45, 2.75) is 18.9 Å². The quantitative estimate of drug-likeness (QED) is 0.832. The topological polar surface area (TPSA) is 72.1 Å². The standard InChI is InChI=1S/C14H16N4O/c15-10-3-2-8-18(9-10)14(19)11-4-1-5-12-13(11)17-7-6-16-12/h1,4-7,10H,2-3,8-9,15H2/t10-/m1/s1. The lowest BCUT2D eigenvalue weighted by atomic mass is 10.0. The summed E-state index contributed by atoms with van der Waals surface area (Å²) in [5.41, 5.74) is 7.95. The van der Waals surface area contributed by atoms with Gasteiger partial charge in [-0.15, -0.1) is 0 Å². The van der Waals surface area contributed by atoms with Crippen molar-refractivity contribution in [3.05, 3.63) is 36.2 Å². The molecule has 0 aliphatic carbocycles.